The van der Waals surface area contributed by atoms with Gasteiger partial charge in [-0.2, -0.15) is 0 Å². The van der Waals surface area contributed by atoms with Crippen molar-refractivity contribution in [1.29, 1.82) is 0 Å². The summed E-state index contributed by atoms with van der Waals surface area (Å²) in [5.41, 5.74) is 12.4. The van der Waals surface area contributed by atoms with Crippen LogP contribution in [0.3, 0.4) is 0 Å². The van der Waals surface area contributed by atoms with E-state index in [0.29, 0.717) is 24.3 Å². The Bertz CT molecular complexity index is 404. The zero-order valence-electron chi connectivity index (χ0n) is 12.1. The van der Waals surface area contributed by atoms with E-state index in [-0.39, 0.29) is 0 Å². The second-order valence-electron chi connectivity index (χ2n) is 5.74. The quantitative estimate of drug-likeness (QED) is 0.610. The van der Waals surface area contributed by atoms with E-state index < -0.39 is 0 Å². The lowest BCUT2D eigenvalue weighted by Crippen LogP contribution is -2.16. The highest BCUT2D eigenvalue weighted by Crippen LogP contribution is 2.19. The maximum atomic E-state index is 5.84. The molecular weight excluding hydrogens is 238 g/mol. The molecule has 4 nitrogen and oxygen atoms in total. The fourth-order valence-electron chi connectivity index (χ4n) is 1.47. The van der Waals surface area contributed by atoms with Gasteiger partial charge >= 0.3 is 0 Å². The number of amidine groups is 1. The van der Waals surface area contributed by atoms with Crippen molar-refractivity contribution in [2.75, 3.05) is 19.7 Å². The van der Waals surface area contributed by atoms with Gasteiger partial charge in [0.1, 0.15) is 11.6 Å². The van der Waals surface area contributed by atoms with Gasteiger partial charge in [-0.15, -0.1) is 0 Å². The van der Waals surface area contributed by atoms with Crippen LogP contribution in [0.4, 0.5) is 0 Å². The Labute approximate surface area is 115 Å². The lowest BCUT2D eigenvalue weighted by Gasteiger charge is -2.18. The molecule has 4 N–H and O–H groups in total. The first-order chi connectivity index (χ1) is 8.92. The SMILES string of the molecule is CC(C)(C)CCOc1ccc(C(N)=NCCN)cc1. The van der Waals surface area contributed by atoms with Gasteiger partial charge in [0.25, 0.3) is 0 Å². The van der Waals surface area contributed by atoms with Crippen molar-refractivity contribution in [3.63, 3.8) is 0 Å². The fraction of sp³-hybridized carbons (Fsp3) is 0.533. The highest BCUT2D eigenvalue weighted by Gasteiger charge is 2.09. The minimum Gasteiger partial charge on any atom is -0.494 e. The van der Waals surface area contributed by atoms with Gasteiger partial charge in [0, 0.05) is 12.1 Å². The Kier molecular flexibility index (Phi) is 5.83. The number of nitrogens with two attached hydrogens (primary N) is 2. The van der Waals surface area contributed by atoms with E-state index in [1.165, 1.54) is 0 Å². The predicted octanol–water partition coefficient (Wildman–Crippen LogP) is 2.17. The van der Waals surface area contributed by atoms with Crippen LogP contribution in [0.2, 0.25) is 0 Å². The third-order valence-corrected chi connectivity index (χ3v) is 2.68. The third-order valence-electron chi connectivity index (χ3n) is 2.68. The van der Waals surface area contributed by atoms with E-state index in [2.05, 4.69) is 25.8 Å². The van der Waals surface area contributed by atoms with Gasteiger partial charge in [-0.05, 0) is 36.1 Å². The van der Waals surface area contributed by atoms with Crippen molar-refractivity contribution in [1.82, 2.24) is 0 Å². The van der Waals surface area contributed by atoms with Gasteiger partial charge in [-0.3, -0.25) is 4.99 Å². The molecule has 1 aromatic rings. The highest BCUT2D eigenvalue weighted by molar-refractivity contribution is 5.97. The van der Waals surface area contributed by atoms with Crippen LogP contribution in [0.1, 0.15) is 32.8 Å². The van der Waals surface area contributed by atoms with Gasteiger partial charge in [-0.25, -0.2) is 0 Å². The summed E-state index contributed by atoms with van der Waals surface area (Å²) >= 11 is 0. The smallest absolute Gasteiger partial charge is 0.125 e. The van der Waals surface area contributed by atoms with Crippen molar-refractivity contribution in [3.8, 4) is 5.75 Å². The fourth-order valence-corrected chi connectivity index (χ4v) is 1.47. The Hall–Kier alpha value is -1.55. The lowest BCUT2D eigenvalue weighted by atomic mass is 9.93. The zero-order chi connectivity index (χ0) is 14.3. The van der Waals surface area contributed by atoms with Crippen molar-refractivity contribution in [3.05, 3.63) is 29.8 Å². The number of ether oxygens (including phenoxy) is 1. The monoisotopic (exact) mass is 263 g/mol. The summed E-state index contributed by atoms with van der Waals surface area (Å²) in [6.07, 6.45) is 1.02. The summed E-state index contributed by atoms with van der Waals surface area (Å²) in [5, 5.41) is 0. The van der Waals surface area contributed by atoms with Gasteiger partial charge in [0.05, 0.1) is 13.2 Å². The molecule has 0 fully saturated rings. The van der Waals surface area contributed by atoms with E-state index in [9.17, 15) is 0 Å². The van der Waals surface area contributed by atoms with Crippen LogP contribution in [-0.2, 0) is 0 Å². The maximum absolute atomic E-state index is 5.84. The topological polar surface area (TPSA) is 73.6 Å². The van der Waals surface area contributed by atoms with Crippen molar-refractivity contribution in [2.24, 2.45) is 21.9 Å². The third kappa shape index (κ3) is 6.25. The molecule has 0 amide bonds. The molecule has 0 aliphatic carbocycles. The molecule has 0 saturated heterocycles. The molecule has 0 saturated carbocycles. The van der Waals surface area contributed by atoms with Crippen LogP contribution in [0.25, 0.3) is 0 Å². The van der Waals surface area contributed by atoms with Gasteiger partial charge in [0.15, 0.2) is 0 Å². The summed E-state index contributed by atoms with van der Waals surface area (Å²) in [6, 6.07) is 7.68. The van der Waals surface area contributed by atoms with Crippen LogP contribution in [0.15, 0.2) is 29.3 Å². The van der Waals surface area contributed by atoms with E-state index >= 15 is 0 Å². The molecule has 0 atom stereocenters. The first kappa shape index (κ1) is 15.5. The molecule has 106 valence electrons. The number of hydrogen-bond donors (Lipinski definition) is 2. The first-order valence-electron chi connectivity index (χ1n) is 6.65. The number of rotatable bonds is 6. The first-order valence-corrected chi connectivity index (χ1v) is 6.65. The molecule has 0 aromatic heterocycles. The molecule has 0 radical (unpaired) electrons. The van der Waals surface area contributed by atoms with Gasteiger partial charge < -0.3 is 16.2 Å². The van der Waals surface area contributed by atoms with Gasteiger partial charge in [0.2, 0.25) is 0 Å². The zero-order valence-corrected chi connectivity index (χ0v) is 12.1. The predicted molar refractivity (Wildman–Crippen MR) is 80.7 cm³/mol. The minimum atomic E-state index is 0.291. The largest absolute Gasteiger partial charge is 0.494 e. The summed E-state index contributed by atoms with van der Waals surface area (Å²) in [7, 11) is 0. The average Bonchev–Trinajstić information content (AvgIpc) is 2.35. The maximum Gasteiger partial charge on any atom is 0.125 e. The van der Waals surface area contributed by atoms with Gasteiger partial charge in [-0.1, -0.05) is 20.8 Å². The Morgan fingerprint density at radius 1 is 1.21 bits per heavy atom. The molecule has 4 heteroatoms. The highest BCUT2D eigenvalue weighted by atomic mass is 16.5. The van der Waals surface area contributed by atoms with Crippen LogP contribution < -0.4 is 16.2 Å². The van der Waals surface area contributed by atoms with Crippen molar-refractivity contribution < 1.29 is 4.74 Å². The molecule has 0 spiro atoms. The normalized spacial score (nSPS) is 12.5. The summed E-state index contributed by atoms with van der Waals surface area (Å²) in [6.45, 7) is 8.39. The van der Waals surface area contributed by atoms with Crippen molar-refractivity contribution >= 4 is 5.84 Å². The minimum absolute atomic E-state index is 0.291. The molecule has 0 aliphatic heterocycles. The molecule has 19 heavy (non-hydrogen) atoms. The van der Waals surface area contributed by atoms with E-state index in [1.807, 2.05) is 24.3 Å². The number of hydrogen-bond acceptors (Lipinski definition) is 3. The van der Waals surface area contributed by atoms with E-state index in [0.717, 1.165) is 24.3 Å². The molecule has 1 rings (SSSR count). The molecule has 1 aromatic carbocycles. The van der Waals surface area contributed by atoms with E-state index in [1.54, 1.807) is 0 Å². The van der Waals surface area contributed by atoms with E-state index in [4.69, 9.17) is 16.2 Å². The molecule has 0 aliphatic rings. The van der Waals surface area contributed by atoms with Crippen LogP contribution in [0, 0.1) is 5.41 Å². The number of benzene rings is 1. The Morgan fingerprint density at radius 2 is 1.84 bits per heavy atom. The average molecular weight is 263 g/mol. The molecular formula is C15H25N3O. The second-order valence-corrected chi connectivity index (χ2v) is 5.74. The molecule has 0 unspecified atom stereocenters. The lowest BCUT2D eigenvalue weighted by molar-refractivity contribution is 0.243. The molecule has 0 heterocycles. The Balaban J connectivity index is 2.52. The summed E-state index contributed by atoms with van der Waals surface area (Å²) in [4.78, 5) is 4.17. The second kappa shape index (κ2) is 7.14. The Morgan fingerprint density at radius 3 is 2.37 bits per heavy atom. The summed E-state index contributed by atoms with van der Waals surface area (Å²) in [5.74, 6) is 1.38. The van der Waals surface area contributed by atoms with Crippen LogP contribution in [0.5, 0.6) is 5.75 Å². The van der Waals surface area contributed by atoms with Crippen molar-refractivity contribution in [2.45, 2.75) is 27.2 Å². The molecule has 0 bridgehead atoms. The standard InChI is InChI=1S/C15H25N3O/c1-15(2,3)8-11-19-13-6-4-12(5-7-13)14(17)18-10-9-16/h4-7H,8-11,16H2,1-3H3,(H2,17,18). The van der Waals surface area contributed by atoms with Crippen LogP contribution >= 0.6 is 0 Å². The van der Waals surface area contributed by atoms with Crippen LogP contribution in [-0.4, -0.2) is 25.5 Å². The number of nitrogens with zero attached hydrogens (tertiary/aromatic N) is 1. The summed E-state index contributed by atoms with van der Waals surface area (Å²) < 4.78 is 5.70. The number of aliphatic imine (C=N–C) groups is 1.